The highest BCUT2D eigenvalue weighted by Gasteiger charge is 2.34. The number of nitrogens with one attached hydrogen (secondary N) is 2. The maximum absolute atomic E-state index is 13.1. The fourth-order valence-electron chi connectivity index (χ4n) is 1.96. The van der Waals surface area contributed by atoms with Gasteiger partial charge in [-0.2, -0.15) is 23.7 Å². The molecule has 0 atom stereocenters. The fourth-order valence-corrected chi connectivity index (χ4v) is 2.54. The van der Waals surface area contributed by atoms with E-state index in [1.165, 1.54) is 6.07 Å². The number of carbonyl (C=O) groups is 1. The zero-order valence-electron chi connectivity index (χ0n) is 12.6. The van der Waals surface area contributed by atoms with Crippen molar-refractivity contribution >= 4 is 34.8 Å². The van der Waals surface area contributed by atoms with E-state index in [9.17, 15) is 18.0 Å². The molecule has 2 rings (SSSR count). The summed E-state index contributed by atoms with van der Waals surface area (Å²) in [5.74, 6) is -0.823. The van der Waals surface area contributed by atoms with Crippen molar-refractivity contribution in [2.45, 2.75) is 6.18 Å². The van der Waals surface area contributed by atoms with Gasteiger partial charge in [-0.1, -0.05) is 23.2 Å². The van der Waals surface area contributed by atoms with Crippen molar-refractivity contribution in [1.29, 1.82) is 10.5 Å². The molecule has 0 saturated carbocycles. The van der Waals surface area contributed by atoms with Crippen molar-refractivity contribution in [2.24, 2.45) is 0 Å². The predicted molar refractivity (Wildman–Crippen MR) is 88.4 cm³/mol. The summed E-state index contributed by atoms with van der Waals surface area (Å²) in [6, 6.07) is 8.52. The van der Waals surface area contributed by atoms with Crippen LogP contribution in [0.3, 0.4) is 0 Å². The van der Waals surface area contributed by atoms with Crippen molar-refractivity contribution in [3.05, 3.63) is 62.6 Å². The highest BCUT2D eigenvalue weighted by Crippen LogP contribution is 2.35. The molecule has 0 heterocycles. The lowest BCUT2D eigenvalue weighted by atomic mass is 10.1. The van der Waals surface area contributed by atoms with Crippen molar-refractivity contribution in [3.8, 4) is 12.1 Å². The van der Waals surface area contributed by atoms with Gasteiger partial charge in [0.15, 0.2) is 0 Å². The van der Waals surface area contributed by atoms with Gasteiger partial charge in [-0.25, -0.2) is 0 Å². The SMILES string of the molecule is N#Cc1ccc(NNC(=O)c2cc(Cl)c(C#N)c(Cl)c2)c(C(F)(F)F)c1. The highest BCUT2D eigenvalue weighted by atomic mass is 35.5. The van der Waals surface area contributed by atoms with Gasteiger partial charge in [0, 0.05) is 5.56 Å². The first-order valence-electron chi connectivity index (χ1n) is 6.74. The van der Waals surface area contributed by atoms with Gasteiger partial charge < -0.3 is 0 Å². The third-order valence-electron chi connectivity index (χ3n) is 3.18. The molecule has 10 heteroatoms. The van der Waals surface area contributed by atoms with Gasteiger partial charge in [0.25, 0.3) is 5.91 Å². The van der Waals surface area contributed by atoms with Crippen LogP contribution in [0.15, 0.2) is 30.3 Å². The van der Waals surface area contributed by atoms with Gasteiger partial charge in [0.05, 0.1) is 38.5 Å². The van der Waals surface area contributed by atoms with E-state index in [0.29, 0.717) is 6.07 Å². The second-order valence-electron chi connectivity index (χ2n) is 4.88. The molecule has 0 aromatic heterocycles. The third-order valence-corrected chi connectivity index (χ3v) is 3.78. The molecule has 2 aromatic carbocycles. The lowest BCUT2D eigenvalue weighted by molar-refractivity contribution is -0.137. The minimum Gasteiger partial charge on any atom is -0.298 e. The Morgan fingerprint density at radius 1 is 1.04 bits per heavy atom. The molecule has 0 bridgehead atoms. The molecule has 132 valence electrons. The summed E-state index contributed by atoms with van der Waals surface area (Å²) in [4.78, 5) is 12.1. The number of nitriles is 2. The Morgan fingerprint density at radius 3 is 2.15 bits per heavy atom. The number of hydrazine groups is 1. The molecular formula is C16H7Cl2F3N4O. The molecule has 1 amide bonds. The third kappa shape index (κ3) is 4.17. The Labute approximate surface area is 155 Å². The van der Waals surface area contributed by atoms with E-state index in [-0.39, 0.29) is 26.7 Å². The van der Waals surface area contributed by atoms with Crippen LogP contribution in [0.5, 0.6) is 0 Å². The van der Waals surface area contributed by atoms with Crippen LogP contribution in [0.4, 0.5) is 18.9 Å². The average molecular weight is 399 g/mol. The highest BCUT2D eigenvalue weighted by molar-refractivity contribution is 6.37. The van der Waals surface area contributed by atoms with E-state index >= 15 is 0 Å². The van der Waals surface area contributed by atoms with Gasteiger partial charge in [-0.05, 0) is 30.3 Å². The summed E-state index contributed by atoms with van der Waals surface area (Å²) in [6.07, 6.45) is -4.74. The Hall–Kier alpha value is -2.94. The monoisotopic (exact) mass is 398 g/mol. The van der Waals surface area contributed by atoms with Gasteiger partial charge in [0.1, 0.15) is 6.07 Å². The fraction of sp³-hybridized carbons (Fsp3) is 0.0625. The number of halogens is 5. The number of rotatable bonds is 3. The quantitative estimate of drug-likeness (QED) is 0.744. The van der Waals surface area contributed by atoms with Crippen molar-refractivity contribution < 1.29 is 18.0 Å². The minimum absolute atomic E-state index is 0.0238. The lowest BCUT2D eigenvalue weighted by Gasteiger charge is -2.15. The number of nitrogens with zero attached hydrogens (tertiary/aromatic N) is 2. The largest absolute Gasteiger partial charge is 0.418 e. The van der Waals surface area contributed by atoms with Crippen LogP contribution in [0.25, 0.3) is 0 Å². The topological polar surface area (TPSA) is 88.7 Å². The zero-order chi connectivity index (χ0) is 19.5. The molecule has 0 saturated heterocycles. The standard InChI is InChI=1S/C16H7Cl2F3N4O/c17-12-4-9(5-13(18)10(12)7-23)15(26)25-24-14-2-1-8(6-22)3-11(14)16(19,20)21/h1-5,24H,(H,25,26). The first-order chi connectivity index (χ1) is 12.2. The Kier molecular flexibility index (Phi) is 5.61. The molecule has 0 radical (unpaired) electrons. The molecule has 0 unspecified atom stereocenters. The number of carbonyl (C=O) groups excluding carboxylic acids is 1. The van der Waals surface area contributed by atoms with E-state index in [1.807, 2.05) is 0 Å². The molecule has 0 aliphatic carbocycles. The summed E-state index contributed by atoms with van der Waals surface area (Å²) >= 11 is 11.7. The Balaban J connectivity index is 2.26. The number of alkyl halides is 3. The van der Waals surface area contributed by atoms with E-state index in [2.05, 4.69) is 10.9 Å². The van der Waals surface area contributed by atoms with Crippen molar-refractivity contribution in [3.63, 3.8) is 0 Å². The lowest BCUT2D eigenvalue weighted by Crippen LogP contribution is -2.30. The van der Waals surface area contributed by atoms with Gasteiger partial charge in [-0.3, -0.25) is 15.6 Å². The molecule has 2 aromatic rings. The van der Waals surface area contributed by atoms with Crippen molar-refractivity contribution in [2.75, 3.05) is 5.43 Å². The minimum atomic E-state index is -4.74. The van der Waals surface area contributed by atoms with Crippen LogP contribution < -0.4 is 10.9 Å². The zero-order valence-corrected chi connectivity index (χ0v) is 14.1. The number of hydrogen-bond donors (Lipinski definition) is 2. The first kappa shape index (κ1) is 19.4. The normalized spacial score (nSPS) is 10.6. The van der Waals surface area contributed by atoms with Crippen LogP contribution in [0.1, 0.15) is 27.0 Å². The number of anilines is 1. The van der Waals surface area contributed by atoms with E-state index in [1.54, 1.807) is 12.1 Å². The molecular weight excluding hydrogens is 392 g/mol. The molecule has 0 aliphatic heterocycles. The average Bonchev–Trinajstić information content (AvgIpc) is 2.58. The molecule has 0 aliphatic rings. The Morgan fingerprint density at radius 2 is 1.65 bits per heavy atom. The second kappa shape index (κ2) is 7.52. The van der Waals surface area contributed by atoms with Crippen LogP contribution >= 0.6 is 23.2 Å². The van der Waals surface area contributed by atoms with Crippen LogP contribution in [0, 0.1) is 22.7 Å². The van der Waals surface area contributed by atoms with Gasteiger partial charge in [0.2, 0.25) is 0 Å². The smallest absolute Gasteiger partial charge is 0.298 e. The molecule has 2 N–H and O–H groups in total. The molecule has 5 nitrogen and oxygen atoms in total. The van der Waals surface area contributed by atoms with E-state index in [0.717, 1.165) is 18.2 Å². The second-order valence-corrected chi connectivity index (χ2v) is 5.69. The summed E-state index contributed by atoms with van der Waals surface area (Å²) in [7, 11) is 0. The summed E-state index contributed by atoms with van der Waals surface area (Å²) in [5.41, 5.74) is 2.41. The van der Waals surface area contributed by atoms with E-state index < -0.39 is 23.3 Å². The summed E-state index contributed by atoms with van der Waals surface area (Å²) < 4.78 is 39.2. The molecule has 0 spiro atoms. The summed E-state index contributed by atoms with van der Waals surface area (Å²) in [6.45, 7) is 0. The van der Waals surface area contributed by atoms with Crippen LogP contribution in [0.2, 0.25) is 10.0 Å². The van der Waals surface area contributed by atoms with Crippen LogP contribution in [-0.4, -0.2) is 5.91 Å². The predicted octanol–water partition coefficient (Wildman–Crippen LogP) is 4.51. The maximum Gasteiger partial charge on any atom is 0.418 e. The van der Waals surface area contributed by atoms with E-state index in [4.69, 9.17) is 33.7 Å². The maximum atomic E-state index is 13.1. The van der Waals surface area contributed by atoms with Crippen molar-refractivity contribution in [1.82, 2.24) is 5.43 Å². The number of amides is 1. The van der Waals surface area contributed by atoms with Gasteiger partial charge >= 0.3 is 6.18 Å². The number of hydrogen-bond acceptors (Lipinski definition) is 4. The molecule has 26 heavy (non-hydrogen) atoms. The number of benzene rings is 2. The van der Waals surface area contributed by atoms with Crippen LogP contribution in [-0.2, 0) is 6.18 Å². The summed E-state index contributed by atoms with van der Waals surface area (Å²) in [5, 5.41) is 17.5. The molecule has 0 fully saturated rings. The Bertz CT molecular complexity index is 938. The van der Waals surface area contributed by atoms with Gasteiger partial charge in [-0.15, -0.1) is 0 Å². The first-order valence-corrected chi connectivity index (χ1v) is 7.49.